The number of aliphatic hydroxyl groups excluding tert-OH is 1. The lowest BCUT2D eigenvalue weighted by molar-refractivity contribution is 0.195. The van der Waals surface area contributed by atoms with Crippen LogP contribution in [0.1, 0.15) is 30.9 Å². The molecular weight excluding hydrogens is 186 g/mol. The van der Waals surface area contributed by atoms with Crippen molar-refractivity contribution in [3.8, 4) is 0 Å². The molecule has 0 bridgehead atoms. The number of benzene rings is 1. The van der Waals surface area contributed by atoms with Crippen molar-refractivity contribution in [2.45, 2.75) is 44.2 Å². The highest BCUT2D eigenvalue weighted by Gasteiger charge is 2.38. The molecule has 1 saturated carbocycles. The second kappa shape index (κ2) is 3.95. The summed E-state index contributed by atoms with van der Waals surface area (Å²) in [6, 6.07) is 8.29. The minimum atomic E-state index is -0.279. The van der Waals surface area contributed by atoms with Crippen LogP contribution in [-0.2, 0) is 12.8 Å². The van der Waals surface area contributed by atoms with Gasteiger partial charge in [0.25, 0.3) is 0 Å². The van der Waals surface area contributed by atoms with Crippen molar-refractivity contribution in [2.24, 2.45) is 5.73 Å². The van der Waals surface area contributed by atoms with E-state index >= 15 is 0 Å². The van der Waals surface area contributed by atoms with E-state index in [9.17, 15) is 5.11 Å². The lowest BCUT2D eigenvalue weighted by Crippen LogP contribution is -2.25. The van der Waals surface area contributed by atoms with Gasteiger partial charge in [0.2, 0.25) is 0 Å². The maximum atomic E-state index is 9.41. The Morgan fingerprint density at radius 3 is 2.47 bits per heavy atom. The zero-order chi connectivity index (χ0) is 10.9. The van der Waals surface area contributed by atoms with E-state index in [1.807, 2.05) is 19.1 Å². The molecule has 15 heavy (non-hydrogen) atoms. The molecule has 1 fully saturated rings. The van der Waals surface area contributed by atoms with Gasteiger partial charge >= 0.3 is 0 Å². The van der Waals surface area contributed by atoms with Gasteiger partial charge in [0, 0.05) is 5.54 Å². The van der Waals surface area contributed by atoms with Crippen LogP contribution in [0.5, 0.6) is 0 Å². The summed E-state index contributed by atoms with van der Waals surface area (Å²) in [4.78, 5) is 0. The SMILES string of the molecule is CC(O)Cc1ccccc1CC1(N)CC1. The lowest BCUT2D eigenvalue weighted by Gasteiger charge is -2.14. The van der Waals surface area contributed by atoms with E-state index in [0.29, 0.717) is 0 Å². The van der Waals surface area contributed by atoms with Gasteiger partial charge in [-0.25, -0.2) is 0 Å². The zero-order valence-electron chi connectivity index (χ0n) is 9.24. The summed E-state index contributed by atoms with van der Waals surface area (Å²) in [7, 11) is 0. The summed E-state index contributed by atoms with van der Waals surface area (Å²) in [6.45, 7) is 1.83. The number of hydrogen-bond acceptors (Lipinski definition) is 2. The second-order valence-electron chi connectivity index (χ2n) is 4.86. The van der Waals surface area contributed by atoms with E-state index in [-0.39, 0.29) is 11.6 Å². The first-order chi connectivity index (χ1) is 7.09. The fraction of sp³-hybridized carbons (Fsp3) is 0.538. The van der Waals surface area contributed by atoms with Crippen molar-refractivity contribution in [3.63, 3.8) is 0 Å². The third-order valence-electron chi connectivity index (χ3n) is 3.07. The van der Waals surface area contributed by atoms with E-state index in [1.54, 1.807) is 0 Å². The van der Waals surface area contributed by atoms with Crippen LogP contribution in [0.2, 0.25) is 0 Å². The van der Waals surface area contributed by atoms with Crippen LogP contribution < -0.4 is 5.73 Å². The largest absolute Gasteiger partial charge is 0.393 e. The molecule has 2 nitrogen and oxygen atoms in total. The molecule has 1 aromatic carbocycles. The predicted molar refractivity (Wildman–Crippen MR) is 61.7 cm³/mol. The van der Waals surface area contributed by atoms with Gasteiger partial charge in [-0.2, -0.15) is 0 Å². The first-order valence-electron chi connectivity index (χ1n) is 5.63. The molecule has 1 aromatic rings. The van der Waals surface area contributed by atoms with Gasteiger partial charge in [-0.15, -0.1) is 0 Å². The first kappa shape index (κ1) is 10.7. The van der Waals surface area contributed by atoms with Gasteiger partial charge < -0.3 is 10.8 Å². The Hall–Kier alpha value is -0.860. The molecule has 0 radical (unpaired) electrons. The molecule has 0 aromatic heterocycles. The summed E-state index contributed by atoms with van der Waals surface area (Å²) >= 11 is 0. The van der Waals surface area contributed by atoms with Gasteiger partial charge in [0.15, 0.2) is 0 Å². The minimum absolute atomic E-state index is 0.0504. The topological polar surface area (TPSA) is 46.2 Å². The van der Waals surface area contributed by atoms with E-state index in [4.69, 9.17) is 5.73 Å². The molecule has 2 rings (SSSR count). The van der Waals surface area contributed by atoms with Gasteiger partial charge in [0.05, 0.1) is 6.10 Å². The third kappa shape index (κ3) is 2.80. The monoisotopic (exact) mass is 205 g/mol. The molecule has 82 valence electrons. The van der Waals surface area contributed by atoms with Crippen LogP contribution in [0.15, 0.2) is 24.3 Å². The Balaban J connectivity index is 2.14. The molecule has 0 heterocycles. The summed E-state index contributed by atoms with van der Waals surface area (Å²) < 4.78 is 0. The zero-order valence-corrected chi connectivity index (χ0v) is 9.24. The molecule has 1 atom stereocenters. The third-order valence-corrected chi connectivity index (χ3v) is 3.07. The number of hydrogen-bond donors (Lipinski definition) is 2. The minimum Gasteiger partial charge on any atom is -0.393 e. The molecule has 3 N–H and O–H groups in total. The Morgan fingerprint density at radius 1 is 1.33 bits per heavy atom. The van der Waals surface area contributed by atoms with Crippen molar-refractivity contribution in [3.05, 3.63) is 35.4 Å². The molecule has 0 amide bonds. The molecule has 1 aliphatic carbocycles. The normalized spacial score (nSPS) is 19.9. The standard InChI is InChI=1S/C13H19NO/c1-10(15)8-11-4-2-3-5-12(11)9-13(14)6-7-13/h2-5,10,15H,6-9,14H2,1H3. The summed E-state index contributed by atoms with van der Waals surface area (Å²) in [5, 5.41) is 9.41. The molecule has 1 aliphatic rings. The number of aliphatic hydroxyl groups is 1. The summed E-state index contributed by atoms with van der Waals surface area (Å²) in [6.07, 6.45) is 3.67. The smallest absolute Gasteiger partial charge is 0.0552 e. The second-order valence-corrected chi connectivity index (χ2v) is 4.86. The highest BCUT2D eigenvalue weighted by atomic mass is 16.3. The average Bonchev–Trinajstić information content (AvgIpc) is 2.86. The Kier molecular flexibility index (Phi) is 2.81. The van der Waals surface area contributed by atoms with E-state index < -0.39 is 0 Å². The molecule has 1 unspecified atom stereocenters. The number of nitrogens with two attached hydrogens (primary N) is 1. The highest BCUT2D eigenvalue weighted by molar-refractivity contribution is 5.30. The molecule has 2 heteroatoms. The fourth-order valence-corrected chi connectivity index (χ4v) is 1.96. The van der Waals surface area contributed by atoms with Crippen LogP contribution in [0.25, 0.3) is 0 Å². The molecule has 0 spiro atoms. The van der Waals surface area contributed by atoms with Gasteiger partial charge in [-0.1, -0.05) is 24.3 Å². The summed E-state index contributed by atoms with van der Waals surface area (Å²) in [5.41, 5.74) is 8.71. The Labute approximate surface area is 91.1 Å². The van der Waals surface area contributed by atoms with Crippen LogP contribution in [0, 0.1) is 0 Å². The summed E-state index contributed by atoms with van der Waals surface area (Å²) in [5.74, 6) is 0. The van der Waals surface area contributed by atoms with Gasteiger partial charge in [0.1, 0.15) is 0 Å². The predicted octanol–water partition coefficient (Wildman–Crippen LogP) is 1.64. The Bertz CT molecular complexity index is 342. The van der Waals surface area contributed by atoms with Gasteiger partial charge in [-0.3, -0.25) is 0 Å². The quantitative estimate of drug-likeness (QED) is 0.785. The van der Waals surface area contributed by atoms with E-state index in [0.717, 1.165) is 25.7 Å². The van der Waals surface area contributed by atoms with Crippen molar-refractivity contribution < 1.29 is 5.11 Å². The van der Waals surface area contributed by atoms with Gasteiger partial charge in [-0.05, 0) is 43.7 Å². The maximum absolute atomic E-state index is 9.41. The van der Waals surface area contributed by atoms with Crippen LogP contribution in [0.4, 0.5) is 0 Å². The molecule has 0 aliphatic heterocycles. The maximum Gasteiger partial charge on any atom is 0.0552 e. The van der Waals surface area contributed by atoms with Crippen molar-refractivity contribution >= 4 is 0 Å². The highest BCUT2D eigenvalue weighted by Crippen LogP contribution is 2.36. The molecular formula is C13H19NO. The molecule has 0 saturated heterocycles. The lowest BCUT2D eigenvalue weighted by atomic mass is 9.96. The van der Waals surface area contributed by atoms with Crippen molar-refractivity contribution in [1.29, 1.82) is 0 Å². The van der Waals surface area contributed by atoms with Crippen LogP contribution in [0.3, 0.4) is 0 Å². The number of rotatable bonds is 4. The average molecular weight is 205 g/mol. The first-order valence-corrected chi connectivity index (χ1v) is 5.63. The van der Waals surface area contributed by atoms with Crippen molar-refractivity contribution in [1.82, 2.24) is 0 Å². The van der Waals surface area contributed by atoms with Crippen LogP contribution in [-0.4, -0.2) is 16.7 Å². The Morgan fingerprint density at radius 2 is 1.93 bits per heavy atom. The fourth-order valence-electron chi connectivity index (χ4n) is 1.96. The van der Waals surface area contributed by atoms with E-state index in [1.165, 1.54) is 11.1 Å². The van der Waals surface area contributed by atoms with Crippen molar-refractivity contribution in [2.75, 3.05) is 0 Å². The van der Waals surface area contributed by atoms with E-state index in [2.05, 4.69) is 12.1 Å². The van der Waals surface area contributed by atoms with Crippen LogP contribution >= 0.6 is 0 Å².